The molecule has 2 N–H and O–H groups in total. The number of pyridine rings is 1. The van der Waals surface area contributed by atoms with Crippen molar-refractivity contribution >= 4 is 22.6 Å². The van der Waals surface area contributed by atoms with E-state index >= 15 is 0 Å². The number of hydrogen-bond acceptors (Lipinski definition) is 4. The third kappa shape index (κ3) is 4.76. The predicted molar refractivity (Wildman–Crippen MR) is 136 cm³/mol. The first kappa shape index (κ1) is 22.0. The minimum absolute atomic E-state index is 0.0468. The molecule has 5 rings (SSSR count). The monoisotopic (exact) mass is 454 g/mol. The Balaban J connectivity index is 1.27. The van der Waals surface area contributed by atoms with Gasteiger partial charge in [-0.05, 0) is 78.4 Å². The number of aromatic nitrogens is 2. The van der Waals surface area contributed by atoms with E-state index in [1.165, 1.54) is 12.8 Å². The number of aromatic amines is 1. The maximum absolute atomic E-state index is 12.8. The second-order valence-electron chi connectivity index (χ2n) is 8.75. The zero-order valence-corrected chi connectivity index (χ0v) is 19.5. The largest absolute Gasteiger partial charge is 0.497 e. The van der Waals surface area contributed by atoms with Crippen molar-refractivity contribution in [3.05, 3.63) is 78.0 Å². The molecule has 1 fully saturated rings. The average Bonchev–Trinajstić information content (AvgIpc) is 3.55. The van der Waals surface area contributed by atoms with Crippen LogP contribution in [-0.4, -0.2) is 36.1 Å². The number of aryl methyl sites for hydroxylation is 1. The van der Waals surface area contributed by atoms with E-state index in [9.17, 15) is 4.79 Å². The van der Waals surface area contributed by atoms with Crippen LogP contribution in [0.3, 0.4) is 0 Å². The van der Waals surface area contributed by atoms with Gasteiger partial charge in [-0.2, -0.15) is 0 Å². The Labute approximate surface area is 200 Å². The Kier molecular flexibility index (Phi) is 6.47. The molecule has 1 aliphatic heterocycles. The van der Waals surface area contributed by atoms with Gasteiger partial charge in [0.05, 0.1) is 7.11 Å². The molecule has 6 nitrogen and oxygen atoms in total. The van der Waals surface area contributed by atoms with E-state index in [-0.39, 0.29) is 5.91 Å². The van der Waals surface area contributed by atoms with Gasteiger partial charge in [0.15, 0.2) is 0 Å². The molecule has 0 atom stereocenters. The van der Waals surface area contributed by atoms with Crippen molar-refractivity contribution in [1.29, 1.82) is 0 Å². The maximum atomic E-state index is 12.8. The fraction of sp³-hybridized carbons (Fsp3) is 0.286. The third-order valence-electron chi connectivity index (χ3n) is 6.52. The summed E-state index contributed by atoms with van der Waals surface area (Å²) >= 11 is 0. The van der Waals surface area contributed by atoms with Crippen molar-refractivity contribution in [2.45, 2.75) is 32.2 Å². The first-order valence-corrected chi connectivity index (χ1v) is 11.9. The molecule has 0 spiro atoms. The maximum Gasteiger partial charge on any atom is 0.220 e. The summed E-state index contributed by atoms with van der Waals surface area (Å²) < 4.78 is 5.30. The lowest BCUT2D eigenvalue weighted by atomic mass is 10.0. The van der Waals surface area contributed by atoms with E-state index in [2.05, 4.69) is 50.5 Å². The number of carbonyl (C=O) groups is 1. The van der Waals surface area contributed by atoms with Crippen molar-refractivity contribution in [1.82, 2.24) is 15.3 Å². The minimum Gasteiger partial charge on any atom is -0.497 e. The normalized spacial score (nSPS) is 13.4. The number of carbonyl (C=O) groups excluding carboxylic acids is 1. The molecule has 2 aromatic heterocycles. The van der Waals surface area contributed by atoms with Crippen molar-refractivity contribution in [2.75, 3.05) is 25.1 Å². The number of nitrogens with one attached hydrogen (secondary N) is 2. The molecule has 1 aliphatic rings. The van der Waals surface area contributed by atoms with Gasteiger partial charge in [-0.25, -0.2) is 4.98 Å². The summed E-state index contributed by atoms with van der Waals surface area (Å²) in [7, 11) is 1.67. The highest BCUT2D eigenvalue weighted by atomic mass is 16.5. The molecule has 0 bridgehead atoms. The number of anilines is 1. The van der Waals surface area contributed by atoms with Crippen molar-refractivity contribution in [3.63, 3.8) is 0 Å². The highest BCUT2D eigenvalue weighted by Gasteiger charge is 2.16. The van der Waals surface area contributed by atoms with Gasteiger partial charge >= 0.3 is 0 Å². The third-order valence-corrected chi connectivity index (χ3v) is 6.52. The van der Waals surface area contributed by atoms with Crippen molar-refractivity contribution in [2.24, 2.45) is 0 Å². The van der Waals surface area contributed by atoms with Crippen LogP contribution in [0.15, 0.2) is 66.9 Å². The number of fused-ring (bicyclic) bond motifs is 1. The van der Waals surface area contributed by atoms with Crippen molar-refractivity contribution < 1.29 is 9.53 Å². The summed E-state index contributed by atoms with van der Waals surface area (Å²) in [5.74, 6) is 1.88. The molecule has 34 heavy (non-hydrogen) atoms. The van der Waals surface area contributed by atoms with Gasteiger partial charge in [-0.3, -0.25) is 4.79 Å². The summed E-state index contributed by atoms with van der Waals surface area (Å²) in [5, 5.41) is 4.25. The lowest BCUT2D eigenvalue weighted by Gasteiger charge is -2.17. The van der Waals surface area contributed by atoms with Gasteiger partial charge in [-0.15, -0.1) is 0 Å². The quantitative estimate of drug-likeness (QED) is 0.389. The van der Waals surface area contributed by atoms with Gasteiger partial charge in [-0.1, -0.05) is 18.2 Å². The molecular weight excluding hydrogens is 424 g/mol. The first-order valence-electron chi connectivity index (χ1n) is 11.9. The lowest BCUT2D eigenvalue weighted by Crippen LogP contribution is -2.24. The Morgan fingerprint density at radius 1 is 1.09 bits per heavy atom. The topological polar surface area (TPSA) is 70.2 Å². The second kappa shape index (κ2) is 10.00. The predicted octanol–water partition coefficient (Wildman–Crippen LogP) is 5.09. The van der Waals surface area contributed by atoms with E-state index in [1.54, 1.807) is 7.11 Å². The standard InChI is InChI=1S/C28H30N4O2/c1-34-22-10-8-21(9-11-22)28-24(23-6-2-3-7-25(23)31-28)12-13-27(33)30-19-20-14-15-29-26(18-20)32-16-4-5-17-32/h2-3,6-11,14-15,18,31H,4-5,12-13,16-17,19H2,1H3,(H,30,33). The molecule has 0 saturated carbocycles. The number of hydrogen-bond donors (Lipinski definition) is 2. The zero-order valence-electron chi connectivity index (χ0n) is 19.5. The van der Waals surface area contributed by atoms with Crippen LogP contribution in [0.4, 0.5) is 5.82 Å². The number of rotatable bonds is 8. The van der Waals surface area contributed by atoms with Crippen LogP contribution < -0.4 is 15.0 Å². The minimum atomic E-state index is 0.0468. The van der Waals surface area contributed by atoms with Gasteiger partial charge in [0.1, 0.15) is 11.6 Å². The van der Waals surface area contributed by atoms with Crippen LogP contribution in [0.25, 0.3) is 22.2 Å². The van der Waals surface area contributed by atoms with Crippen LogP contribution in [0, 0.1) is 0 Å². The Morgan fingerprint density at radius 3 is 2.68 bits per heavy atom. The Morgan fingerprint density at radius 2 is 1.88 bits per heavy atom. The van der Waals surface area contributed by atoms with Crippen LogP contribution in [0.2, 0.25) is 0 Å². The van der Waals surface area contributed by atoms with Crippen LogP contribution in [0.5, 0.6) is 5.75 Å². The van der Waals surface area contributed by atoms with E-state index < -0.39 is 0 Å². The molecule has 2 aromatic carbocycles. The molecular formula is C28H30N4O2. The number of H-pyrrole nitrogens is 1. The Hall–Kier alpha value is -3.80. The molecule has 1 saturated heterocycles. The van der Waals surface area contributed by atoms with Crippen LogP contribution >= 0.6 is 0 Å². The smallest absolute Gasteiger partial charge is 0.220 e. The SMILES string of the molecule is COc1ccc(-c2[nH]c3ccccc3c2CCC(=O)NCc2ccnc(N3CCCC3)c2)cc1. The molecule has 0 radical (unpaired) electrons. The summed E-state index contributed by atoms with van der Waals surface area (Å²) in [6, 6.07) is 20.3. The van der Waals surface area contributed by atoms with E-state index in [0.717, 1.165) is 57.9 Å². The first-order chi connectivity index (χ1) is 16.7. The van der Waals surface area contributed by atoms with Gasteiger partial charge in [0.2, 0.25) is 5.91 Å². The number of methoxy groups -OCH3 is 1. The highest BCUT2D eigenvalue weighted by Crippen LogP contribution is 2.32. The number of para-hydroxylation sites is 1. The van der Waals surface area contributed by atoms with Gasteiger partial charge < -0.3 is 19.9 Å². The number of nitrogens with zero attached hydrogens (tertiary/aromatic N) is 2. The fourth-order valence-corrected chi connectivity index (χ4v) is 4.68. The molecule has 0 unspecified atom stereocenters. The fourth-order valence-electron chi connectivity index (χ4n) is 4.68. The number of amides is 1. The van der Waals surface area contributed by atoms with Crippen molar-refractivity contribution in [3.8, 4) is 17.0 Å². The summed E-state index contributed by atoms with van der Waals surface area (Å²) in [5.41, 5.74) is 5.46. The summed E-state index contributed by atoms with van der Waals surface area (Å²) in [6.45, 7) is 2.63. The highest BCUT2D eigenvalue weighted by molar-refractivity contribution is 5.91. The van der Waals surface area contributed by atoms with Crippen LogP contribution in [0.1, 0.15) is 30.4 Å². The number of ether oxygens (including phenoxy) is 1. The van der Waals surface area contributed by atoms with Crippen LogP contribution in [-0.2, 0) is 17.8 Å². The summed E-state index contributed by atoms with van der Waals surface area (Å²) in [4.78, 5) is 23.1. The molecule has 6 heteroatoms. The Bertz CT molecular complexity index is 1270. The average molecular weight is 455 g/mol. The second-order valence-corrected chi connectivity index (χ2v) is 8.75. The van der Waals surface area contributed by atoms with Gasteiger partial charge in [0, 0.05) is 48.8 Å². The molecule has 3 heterocycles. The van der Waals surface area contributed by atoms with E-state index in [0.29, 0.717) is 19.4 Å². The molecule has 174 valence electrons. The summed E-state index contributed by atoms with van der Waals surface area (Å²) in [6.07, 6.45) is 5.36. The molecule has 1 amide bonds. The number of benzene rings is 2. The lowest BCUT2D eigenvalue weighted by molar-refractivity contribution is -0.121. The zero-order chi connectivity index (χ0) is 23.3. The van der Waals surface area contributed by atoms with E-state index in [4.69, 9.17) is 4.74 Å². The van der Waals surface area contributed by atoms with E-state index in [1.807, 2.05) is 36.5 Å². The molecule has 0 aliphatic carbocycles. The molecule has 4 aromatic rings. The van der Waals surface area contributed by atoms with Gasteiger partial charge in [0.25, 0.3) is 0 Å².